The second kappa shape index (κ2) is 7.98. The van der Waals surface area contributed by atoms with Gasteiger partial charge in [0, 0.05) is 32.6 Å². The van der Waals surface area contributed by atoms with Crippen molar-refractivity contribution in [1.29, 1.82) is 0 Å². The first-order chi connectivity index (χ1) is 9.79. The molecule has 4 nitrogen and oxygen atoms in total. The third kappa shape index (κ3) is 4.58. The molecule has 1 N–H and O–H groups in total. The fourth-order valence-electron chi connectivity index (χ4n) is 2.62. The van der Waals surface area contributed by atoms with E-state index in [1.807, 2.05) is 12.1 Å². The van der Waals surface area contributed by atoms with Gasteiger partial charge in [0.05, 0.1) is 6.26 Å². The Bertz CT molecular complexity index is 400. The van der Waals surface area contributed by atoms with Gasteiger partial charge in [-0.2, -0.15) is 0 Å². The molecule has 0 radical (unpaired) electrons. The molecule has 0 aliphatic carbocycles. The van der Waals surface area contributed by atoms with E-state index in [1.165, 1.54) is 12.8 Å². The van der Waals surface area contributed by atoms with Crippen LogP contribution in [-0.4, -0.2) is 37.0 Å². The summed E-state index contributed by atoms with van der Waals surface area (Å²) in [6.45, 7) is 8.51. The maximum atomic E-state index is 5.37. The molecule has 1 atom stereocenters. The third-order valence-electron chi connectivity index (χ3n) is 3.68. The van der Waals surface area contributed by atoms with Gasteiger partial charge in [0.15, 0.2) is 5.96 Å². The molecule has 112 valence electrons. The summed E-state index contributed by atoms with van der Waals surface area (Å²) in [5.41, 5.74) is 0. The van der Waals surface area contributed by atoms with Gasteiger partial charge in [-0.3, -0.25) is 4.99 Å². The monoisotopic (exact) mass is 277 g/mol. The molecule has 2 heterocycles. The van der Waals surface area contributed by atoms with E-state index in [0.29, 0.717) is 0 Å². The Morgan fingerprint density at radius 3 is 3.15 bits per heavy atom. The summed E-state index contributed by atoms with van der Waals surface area (Å²) in [4.78, 5) is 7.13. The molecule has 1 fully saturated rings. The number of piperidine rings is 1. The summed E-state index contributed by atoms with van der Waals surface area (Å²) in [6, 6.07) is 3.96. The Morgan fingerprint density at radius 2 is 2.45 bits per heavy atom. The van der Waals surface area contributed by atoms with Crippen molar-refractivity contribution in [3.05, 3.63) is 24.2 Å². The van der Waals surface area contributed by atoms with Crippen molar-refractivity contribution >= 4 is 5.96 Å². The molecule has 4 heteroatoms. The van der Waals surface area contributed by atoms with E-state index < -0.39 is 0 Å². The van der Waals surface area contributed by atoms with Crippen LogP contribution in [0.5, 0.6) is 0 Å². The van der Waals surface area contributed by atoms with Gasteiger partial charge < -0.3 is 14.6 Å². The van der Waals surface area contributed by atoms with Gasteiger partial charge in [0.2, 0.25) is 0 Å². The minimum atomic E-state index is 0.766. The Kier molecular flexibility index (Phi) is 5.96. The van der Waals surface area contributed by atoms with E-state index in [9.17, 15) is 0 Å². The summed E-state index contributed by atoms with van der Waals surface area (Å²) in [6.07, 6.45) is 6.33. The Hall–Kier alpha value is -1.45. The Morgan fingerprint density at radius 1 is 1.55 bits per heavy atom. The topological polar surface area (TPSA) is 40.8 Å². The molecule has 1 aliphatic rings. The highest BCUT2D eigenvalue weighted by Crippen LogP contribution is 2.15. The average molecular weight is 277 g/mol. The number of hydrogen-bond donors (Lipinski definition) is 1. The lowest BCUT2D eigenvalue weighted by molar-refractivity contribution is 0.265. The Balaban J connectivity index is 1.86. The normalized spacial score (nSPS) is 20.2. The van der Waals surface area contributed by atoms with Crippen molar-refractivity contribution in [2.75, 3.05) is 26.2 Å². The van der Waals surface area contributed by atoms with E-state index in [1.54, 1.807) is 6.26 Å². The van der Waals surface area contributed by atoms with Crippen molar-refractivity contribution in [3.8, 4) is 0 Å². The number of nitrogens with one attached hydrogen (secondary N) is 1. The maximum absolute atomic E-state index is 5.37. The van der Waals surface area contributed by atoms with Gasteiger partial charge in [-0.25, -0.2) is 0 Å². The van der Waals surface area contributed by atoms with E-state index in [-0.39, 0.29) is 0 Å². The molecule has 1 saturated heterocycles. The van der Waals surface area contributed by atoms with E-state index in [4.69, 9.17) is 9.41 Å². The molecule has 0 saturated carbocycles. The molecule has 1 aromatic heterocycles. The van der Waals surface area contributed by atoms with Gasteiger partial charge in [0.25, 0.3) is 0 Å². The van der Waals surface area contributed by atoms with Crippen LogP contribution in [0, 0.1) is 5.92 Å². The zero-order valence-corrected chi connectivity index (χ0v) is 12.8. The van der Waals surface area contributed by atoms with Crippen LogP contribution in [0.2, 0.25) is 0 Å². The number of nitrogens with zero attached hydrogens (tertiary/aromatic N) is 2. The Labute approximate surface area is 122 Å². The van der Waals surface area contributed by atoms with Crippen LogP contribution in [0.1, 0.15) is 38.9 Å². The SMILES string of the molecule is CCCN=C(NCCc1ccco1)N1CCCC(C)C1. The molecule has 0 amide bonds. The smallest absolute Gasteiger partial charge is 0.193 e. The van der Waals surface area contributed by atoms with Crippen LogP contribution in [0.3, 0.4) is 0 Å². The first kappa shape index (κ1) is 14.9. The zero-order valence-electron chi connectivity index (χ0n) is 12.8. The van der Waals surface area contributed by atoms with Gasteiger partial charge in [-0.05, 0) is 37.3 Å². The molecule has 0 spiro atoms. The first-order valence-electron chi connectivity index (χ1n) is 7.85. The third-order valence-corrected chi connectivity index (χ3v) is 3.68. The van der Waals surface area contributed by atoms with Crippen molar-refractivity contribution < 1.29 is 4.42 Å². The summed E-state index contributed by atoms with van der Waals surface area (Å²) in [5.74, 6) is 2.87. The molecule has 1 aromatic rings. The molecular weight excluding hydrogens is 250 g/mol. The van der Waals surface area contributed by atoms with Crippen LogP contribution >= 0.6 is 0 Å². The number of aliphatic imine (C=N–C) groups is 1. The lowest BCUT2D eigenvalue weighted by Gasteiger charge is -2.33. The molecule has 20 heavy (non-hydrogen) atoms. The first-order valence-corrected chi connectivity index (χ1v) is 7.85. The summed E-state index contributed by atoms with van der Waals surface area (Å²) >= 11 is 0. The molecule has 1 unspecified atom stereocenters. The van der Waals surface area contributed by atoms with Gasteiger partial charge in [-0.15, -0.1) is 0 Å². The highest BCUT2D eigenvalue weighted by Gasteiger charge is 2.19. The lowest BCUT2D eigenvalue weighted by atomic mass is 10.0. The van der Waals surface area contributed by atoms with Gasteiger partial charge >= 0.3 is 0 Å². The van der Waals surface area contributed by atoms with Crippen molar-refractivity contribution in [1.82, 2.24) is 10.2 Å². The van der Waals surface area contributed by atoms with Crippen LogP contribution < -0.4 is 5.32 Å². The lowest BCUT2D eigenvalue weighted by Crippen LogP contribution is -2.46. The standard InChI is InChI=1S/C16H27N3O/c1-3-9-17-16(19-11-4-6-14(2)13-19)18-10-8-15-7-5-12-20-15/h5,7,12,14H,3-4,6,8-11,13H2,1-2H3,(H,17,18). The number of guanidine groups is 1. The predicted molar refractivity (Wildman–Crippen MR) is 83.0 cm³/mol. The van der Waals surface area contributed by atoms with Gasteiger partial charge in [0.1, 0.15) is 5.76 Å². The van der Waals surface area contributed by atoms with E-state index >= 15 is 0 Å². The zero-order chi connectivity index (χ0) is 14.2. The van der Waals surface area contributed by atoms with Crippen molar-refractivity contribution in [3.63, 3.8) is 0 Å². The largest absolute Gasteiger partial charge is 0.469 e. The van der Waals surface area contributed by atoms with Crippen LogP contribution in [0.4, 0.5) is 0 Å². The van der Waals surface area contributed by atoms with Crippen LogP contribution in [0.25, 0.3) is 0 Å². The van der Waals surface area contributed by atoms with Crippen LogP contribution in [0.15, 0.2) is 27.8 Å². The molecule has 1 aliphatic heterocycles. The number of hydrogen-bond acceptors (Lipinski definition) is 2. The quantitative estimate of drug-likeness (QED) is 0.664. The minimum absolute atomic E-state index is 0.766. The number of furan rings is 1. The molecule has 0 bridgehead atoms. The molecule has 0 aromatic carbocycles. The second-order valence-electron chi connectivity index (χ2n) is 5.65. The average Bonchev–Trinajstić information content (AvgIpc) is 2.96. The van der Waals surface area contributed by atoms with Gasteiger partial charge in [-0.1, -0.05) is 13.8 Å². The predicted octanol–water partition coefficient (Wildman–Crippen LogP) is 2.91. The van der Waals surface area contributed by atoms with Crippen molar-refractivity contribution in [2.24, 2.45) is 10.9 Å². The van der Waals surface area contributed by atoms with Crippen LogP contribution in [-0.2, 0) is 6.42 Å². The fourth-order valence-corrected chi connectivity index (χ4v) is 2.62. The minimum Gasteiger partial charge on any atom is -0.469 e. The molecule has 2 rings (SSSR count). The van der Waals surface area contributed by atoms with E-state index in [0.717, 1.165) is 56.7 Å². The summed E-state index contributed by atoms with van der Waals surface area (Å²) in [5, 5.41) is 3.50. The van der Waals surface area contributed by atoms with E-state index in [2.05, 4.69) is 24.1 Å². The van der Waals surface area contributed by atoms with Crippen molar-refractivity contribution in [2.45, 2.75) is 39.5 Å². The second-order valence-corrected chi connectivity index (χ2v) is 5.65. The fraction of sp³-hybridized carbons (Fsp3) is 0.688. The highest BCUT2D eigenvalue weighted by atomic mass is 16.3. The number of likely N-dealkylation sites (tertiary alicyclic amines) is 1. The summed E-state index contributed by atoms with van der Waals surface area (Å²) < 4.78 is 5.37. The number of rotatable bonds is 5. The summed E-state index contributed by atoms with van der Waals surface area (Å²) in [7, 11) is 0. The maximum Gasteiger partial charge on any atom is 0.193 e. The highest BCUT2D eigenvalue weighted by molar-refractivity contribution is 5.80. The molecular formula is C16H27N3O.